The smallest absolute Gasteiger partial charge is 0.244 e. The Kier molecular flexibility index (Phi) is 4.36. The Hall–Kier alpha value is -1.51. The van der Waals surface area contributed by atoms with Gasteiger partial charge < -0.3 is 5.32 Å². The van der Waals surface area contributed by atoms with Crippen molar-refractivity contribution >= 4 is 27.0 Å². The molecule has 1 atom stereocenters. The summed E-state index contributed by atoms with van der Waals surface area (Å²) in [5, 5.41) is 3.58. The molecular formula is C12H16N4O2S2. The van der Waals surface area contributed by atoms with Gasteiger partial charge in [0.1, 0.15) is 9.90 Å². The number of nitrogens with zero attached hydrogens (tertiary/aromatic N) is 2. The molecule has 2 N–H and O–H groups in total. The highest BCUT2D eigenvalue weighted by atomic mass is 32.2. The third kappa shape index (κ3) is 3.14. The van der Waals surface area contributed by atoms with Crippen molar-refractivity contribution in [1.29, 1.82) is 0 Å². The molecule has 0 aliphatic carbocycles. The molecule has 20 heavy (non-hydrogen) atoms. The van der Waals surface area contributed by atoms with Gasteiger partial charge in [0, 0.05) is 30.5 Å². The summed E-state index contributed by atoms with van der Waals surface area (Å²) in [5.41, 5.74) is 0.509. The molecule has 2 aromatic rings. The molecule has 0 spiro atoms. The molecule has 6 nitrogen and oxygen atoms in total. The summed E-state index contributed by atoms with van der Waals surface area (Å²) in [6.45, 7) is 3.70. The zero-order chi connectivity index (χ0) is 14.8. The highest BCUT2D eigenvalue weighted by Gasteiger charge is 2.22. The van der Waals surface area contributed by atoms with E-state index >= 15 is 0 Å². The Morgan fingerprint density at radius 3 is 2.70 bits per heavy atom. The minimum atomic E-state index is -3.65. The number of sulfonamides is 1. The third-order valence-corrected chi connectivity index (χ3v) is 5.35. The number of aryl methyl sites for hydroxylation is 1. The molecule has 2 heterocycles. The van der Waals surface area contributed by atoms with Crippen molar-refractivity contribution in [3.63, 3.8) is 0 Å². The van der Waals surface area contributed by atoms with Gasteiger partial charge in [0.2, 0.25) is 10.0 Å². The van der Waals surface area contributed by atoms with Crippen molar-refractivity contribution in [2.24, 2.45) is 0 Å². The van der Waals surface area contributed by atoms with Crippen molar-refractivity contribution in [1.82, 2.24) is 14.7 Å². The third-order valence-electron chi connectivity index (χ3n) is 2.68. The maximum absolute atomic E-state index is 12.4. The number of thiazole rings is 1. The Labute approximate surface area is 122 Å². The molecule has 108 valence electrons. The fourth-order valence-electron chi connectivity index (χ4n) is 1.72. The van der Waals surface area contributed by atoms with Gasteiger partial charge in [0.25, 0.3) is 0 Å². The molecule has 1 unspecified atom stereocenters. The lowest BCUT2D eigenvalue weighted by molar-refractivity contribution is 0.566. The van der Waals surface area contributed by atoms with E-state index in [-0.39, 0.29) is 10.9 Å². The summed E-state index contributed by atoms with van der Waals surface area (Å²) in [5.74, 6) is 0. The number of pyridine rings is 1. The molecule has 0 saturated heterocycles. The predicted octanol–water partition coefficient (Wildman–Crippen LogP) is 1.93. The van der Waals surface area contributed by atoms with Crippen LogP contribution in [0.1, 0.15) is 22.9 Å². The van der Waals surface area contributed by atoms with Crippen LogP contribution in [0.5, 0.6) is 0 Å². The zero-order valence-electron chi connectivity index (χ0n) is 11.4. The molecule has 0 fully saturated rings. The van der Waals surface area contributed by atoms with E-state index in [9.17, 15) is 8.42 Å². The van der Waals surface area contributed by atoms with Gasteiger partial charge >= 0.3 is 0 Å². The van der Waals surface area contributed by atoms with Gasteiger partial charge in [-0.2, -0.15) is 0 Å². The standard InChI is InChI=1S/C12H16N4O2S2/c1-8-6-15-12(19-8)9(2)16-20(17,18)11-7-14-5-4-10(11)13-3/h4-7,9,16H,1-3H3,(H,13,14). The summed E-state index contributed by atoms with van der Waals surface area (Å²) >= 11 is 1.47. The molecule has 0 saturated carbocycles. The summed E-state index contributed by atoms with van der Waals surface area (Å²) in [7, 11) is -1.98. The fraction of sp³-hybridized carbons (Fsp3) is 0.333. The first-order valence-corrected chi connectivity index (χ1v) is 8.30. The summed E-state index contributed by atoms with van der Waals surface area (Å²) in [6.07, 6.45) is 4.60. The largest absolute Gasteiger partial charge is 0.387 e. The molecule has 0 bridgehead atoms. The van der Waals surface area contributed by atoms with Crippen LogP contribution in [0.25, 0.3) is 0 Å². The maximum atomic E-state index is 12.4. The van der Waals surface area contributed by atoms with Gasteiger partial charge in [-0.1, -0.05) is 0 Å². The van der Waals surface area contributed by atoms with Crippen molar-refractivity contribution in [3.8, 4) is 0 Å². The Morgan fingerprint density at radius 1 is 1.35 bits per heavy atom. The minimum absolute atomic E-state index is 0.127. The molecule has 0 amide bonds. The van der Waals surface area contributed by atoms with Crippen molar-refractivity contribution in [3.05, 3.63) is 34.5 Å². The normalized spacial score (nSPS) is 13.2. The van der Waals surface area contributed by atoms with E-state index in [0.29, 0.717) is 5.69 Å². The van der Waals surface area contributed by atoms with Crippen LogP contribution in [0.3, 0.4) is 0 Å². The van der Waals surface area contributed by atoms with Crippen LogP contribution in [-0.2, 0) is 10.0 Å². The number of hydrogen-bond donors (Lipinski definition) is 2. The number of hydrogen-bond acceptors (Lipinski definition) is 6. The molecule has 2 aromatic heterocycles. The Morgan fingerprint density at radius 2 is 2.10 bits per heavy atom. The van der Waals surface area contributed by atoms with Gasteiger partial charge in [-0.05, 0) is 19.9 Å². The second-order valence-electron chi connectivity index (χ2n) is 4.27. The SMILES string of the molecule is CNc1ccncc1S(=O)(=O)NC(C)c1ncc(C)s1. The topological polar surface area (TPSA) is 84.0 Å². The van der Waals surface area contributed by atoms with Crippen LogP contribution in [0.4, 0.5) is 5.69 Å². The summed E-state index contributed by atoms with van der Waals surface area (Å²) in [4.78, 5) is 9.24. The summed E-state index contributed by atoms with van der Waals surface area (Å²) in [6, 6.07) is 1.23. The second-order valence-corrected chi connectivity index (χ2v) is 7.22. The first-order chi connectivity index (χ1) is 9.44. The van der Waals surface area contributed by atoms with E-state index < -0.39 is 10.0 Å². The molecule has 0 radical (unpaired) electrons. The van der Waals surface area contributed by atoms with Gasteiger partial charge in [0.15, 0.2) is 0 Å². The van der Waals surface area contributed by atoms with Crippen LogP contribution in [0.15, 0.2) is 29.6 Å². The highest BCUT2D eigenvalue weighted by molar-refractivity contribution is 7.89. The van der Waals surface area contributed by atoms with Gasteiger partial charge in [-0.25, -0.2) is 18.1 Å². The maximum Gasteiger partial charge on any atom is 0.244 e. The van der Waals surface area contributed by atoms with Crippen LogP contribution in [0, 0.1) is 6.92 Å². The molecular weight excluding hydrogens is 296 g/mol. The van der Waals surface area contributed by atoms with Crippen LogP contribution < -0.4 is 10.0 Å². The van der Waals surface area contributed by atoms with Gasteiger partial charge in [-0.15, -0.1) is 11.3 Å². The highest BCUT2D eigenvalue weighted by Crippen LogP contribution is 2.24. The van der Waals surface area contributed by atoms with Gasteiger partial charge in [0.05, 0.1) is 11.7 Å². The lowest BCUT2D eigenvalue weighted by Gasteiger charge is -2.14. The van der Waals surface area contributed by atoms with Crippen LogP contribution in [-0.4, -0.2) is 25.4 Å². The van der Waals surface area contributed by atoms with Crippen LogP contribution in [0.2, 0.25) is 0 Å². The number of nitrogens with one attached hydrogen (secondary N) is 2. The first kappa shape index (κ1) is 14.9. The van der Waals surface area contributed by atoms with E-state index in [4.69, 9.17) is 0 Å². The second kappa shape index (κ2) is 5.86. The summed E-state index contributed by atoms with van der Waals surface area (Å²) < 4.78 is 27.4. The van der Waals surface area contributed by atoms with E-state index in [2.05, 4.69) is 20.0 Å². The van der Waals surface area contributed by atoms with Crippen molar-refractivity contribution in [2.45, 2.75) is 24.8 Å². The Balaban J connectivity index is 2.27. The average Bonchev–Trinajstić information content (AvgIpc) is 2.85. The van der Waals surface area contributed by atoms with E-state index in [1.165, 1.54) is 17.5 Å². The quantitative estimate of drug-likeness (QED) is 0.881. The van der Waals surface area contributed by atoms with Crippen molar-refractivity contribution in [2.75, 3.05) is 12.4 Å². The molecule has 0 aliphatic heterocycles. The molecule has 2 rings (SSSR count). The lowest BCUT2D eigenvalue weighted by Crippen LogP contribution is -2.27. The fourth-order valence-corrected chi connectivity index (χ4v) is 3.93. The predicted molar refractivity (Wildman–Crippen MR) is 79.4 cm³/mol. The molecule has 0 aromatic carbocycles. The Bertz CT molecular complexity index is 697. The van der Waals surface area contributed by atoms with Gasteiger partial charge in [-0.3, -0.25) is 4.98 Å². The zero-order valence-corrected chi connectivity index (χ0v) is 13.0. The first-order valence-electron chi connectivity index (χ1n) is 6.00. The lowest BCUT2D eigenvalue weighted by atomic mass is 10.4. The number of anilines is 1. The average molecular weight is 312 g/mol. The van der Waals surface area contributed by atoms with Crippen molar-refractivity contribution < 1.29 is 8.42 Å². The van der Waals surface area contributed by atoms with E-state index in [0.717, 1.165) is 9.88 Å². The number of aromatic nitrogens is 2. The van der Waals surface area contributed by atoms with Crippen LogP contribution >= 0.6 is 11.3 Å². The monoisotopic (exact) mass is 312 g/mol. The van der Waals surface area contributed by atoms with E-state index in [1.807, 2.05) is 6.92 Å². The van der Waals surface area contributed by atoms with E-state index in [1.54, 1.807) is 32.4 Å². The number of rotatable bonds is 5. The molecule has 8 heteroatoms. The minimum Gasteiger partial charge on any atom is -0.387 e. The molecule has 0 aliphatic rings.